The first-order valence-corrected chi connectivity index (χ1v) is 7.72. The van der Waals surface area contributed by atoms with Gasteiger partial charge in [0.2, 0.25) is 0 Å². The summed E-state index contributed by atoms with van der Waals surface area (Å²) in [7, 11) is 0. The molecule has 1 aliphatic heterocycles. The Morgan fingerprint density at radius 2 is 1.91 bits per heavy atom. The highest BCUT2D eigenvalue weighted by Gasteiger charge is 2.33. The van der Waals surface area contributed by atoms with Gasteiger partial charge in [-0.05, 0) is 58.2 Å². The van der Waals surface area contributed by atoms with Crippen molar-refractivity contribution in [2.75, 3.05) is 0 Å². The lowest BCUT2D eigenvalue weighted by Gasteiger charge is -2.40. The van der Waals surface area contributed by atoms with E-state index >= 15 is 0 Å². The minimum Gasteiger partial charge on any atom is -0.508 e. The number of phenols is 1. The molecule has 22 heavy (non-hydrogen) atoms. The van der Waals surface area contributed by atoms with Gasteiger partial charge in [0.05, 0.1) is 5.56 Å². The van der Waals surface area contributed by atoms with Crippen LogP contribution in [-0.4, -0.2) is 40.1 Å². The molecule has 1 aromatic carbocycles. The fourth-order valence-electron chi connectivity index (χ4n) is 2.98. The van der Waals surface area contributed by atoms with Gasteiger partial charge in [0.25, 0.3) is 5.91 Å². The van der Waals surface area contributed by atoms with Gasteiger partial charge >= 0.3 is 5.97 Å². The number of carbonyl (C=O) groups is 2. The average Bonchev–Trinajstić information content (AvgIpc) is 2.46. The number of nitrogens with zero attached hydrogens (tertiary/aromatic N) is 1. The maximum Gasteiger partial charge on any atom is 0.339 e. The molecule has 1 N–H and O–H groups in total. The van der Waals surface area contributed by atoms with Crippen molar-refractivity contribution in [3.63, 3.8) is 0 Å². The molecule has 0 radical (unpaired) electrons. The first kappa shape index (κ1) is 16.3. The van der Waals surface area contributed by atoms with Crippen molar-refractivity contribution in [1.82, 2.24) is 4.90 Å². The summed E-state index contributed by atoms with van der Waals surface area (Å²) in [6, 6.07) is 6.24. The lowest BCUT2D eigenvalue weighted by atomic mass is 9.97. The number of hydrogen-bond acceptors (Lipinski definition) is 4. The second-order valence-electron chi connectivity index (χ2n) is 5.97. The summed E-state index contributed by atoms with van der Waals surface area (Å²) < 4.78 is 5.26. The van der Waals surface area contributed by atoms with Gasteiger partial charge in [0.1, 0.15) is 5.75 Å². The molecule has 1 heterocycles. The SMILES string of the molecule is C[C@@H](OC(=O)c1cccc(O)c1)C(=O)N1[C@@H](C)CCC[C@@H]1C. The van der Waals surface area contributed by atoms with Gasteiger partial charge in [-0.2, -0.15) is 0 Å². The predicted octanol–water partition coefficient (Wildman–Crippen LogP) is 2.73. The molecule has 5 heteroatoms. The van der Waals surface area contributed by atoms with Gasteiger partial charge < -0.3 is 14.7 Å². The van der Waals surface area contributed by atoms with Crippen LogP contribution in [0.3, 0.4) is 0 Å². The number of benzene rings is 1. The van der Waals surface area contributed by atoms with E-state index < -0.39 is 12.1 Å². The van der Waals surface area contributed by atoms with Crippen molar-refractivity contribution in [2.45, 2.75) is 58.2 Å². The van der Waals surface area contributed by atoms with Gasteiger partial charge in [0.15, 0.2) is 6.10 Å². The van der Waals surface area contributed by atoms with Gasteiger partial charge in [-0.1, -0.05) is 6.07 Å². The molecule has 0 saturated carbocycles. The average molecular weight is 305 g/mol. The maximum absolute atomic E-state index is 12.6. The highest BCUT2D eigenvalue weighted by atomic mass is 16.5. The maximum atomic E-state index is 12.6. The highest BCUT2D eigenvalue weighted by Crippen LogP contribution is 2.24. The smallest absolute Gasteiger partial charge is 0.339 e. The van der Waals surface area contributed by atoms with E-state index in [1.165, 1.54) is 12.1 Å². The Balaban J connectivity index is 2.03. The molecular weight excluding hydrogens is 282 g/mol. The summed E-state index contributed by atoms with van der Waals surface area (Å²) in [5, 5.41) is 9.40. The zero-order chi connectivity index (χ0) is 16.3. The molecule has 0 aromatic heterocycles. The molecule has 3 atom stereocenters. The number of aromatic hydroxyl groups is 1. The van der Waals surface area contributed by atoms with E-state index in [9.17, 15) is 14.7 Å². The van der Waals surface area contributed by atoms with Gasteiger partial charge in [0, 0.05) is 12.1 Å². The Kier molecular flexibility index (Phi) is 5.06. The Morgan fingerprint density at radius 1 is 1.27 bits per heavy atom. The molecular formula is C17H23NO4. The molecule has 0 unspecified atom stereocenters. The van der Waals surface area contributed by atoms with Crippen LogP contribution >= 0.6 is 0 Å². The largest absolute Gasteiger partial charge is 0.508 e. The van der Waals surface area contributed by atoms with Crippen molar-refractivity contribution in [3.05, 3.63) is 29.8 Å². The van der Waals surface area contributed by atoms with E-state index in [2.05, 4.69) is 0 Å². The summed E-state index contributed by atoms with van der Waals surface area (Å²) in [6.07, 6.45) is 2.23. The van der Waals surface area contributed by atoms with Crippen molar-refractivity contribution in [2.24, 2.45) is 0 Å². The number of phenolic OH excluding ortho intramolecular Hbond substituents is 1. The Hall–Kier alpha value is -2.04. The Bertz CT molecular complexity index is 547. The number of ether oxygens (including phenoxy) is 1. The summed E-state index contributed by atoms with van der Waals surface area (Å²) >= 11 is 0. The molecule has 120 valence electrons. The third-order valence-corrected chi connectivity index (χ3v) is 4.16. The molecule has 0 bridgehead atoms. The first-order valence-electron chi connectivity index (χ1n) is 7.72. The van der Waals surface area contributed by atoms with Crippen LogP contribution in [0, 0.1) is 0 Å². The van der Waals surface area contributed by atoms with Gasteiger partial charge in [-0.15, -0.1) is 0 Å². The first-order chi connectivity index (χ1) is 10.4. The summed E-state index contributed by atoms with van der Waals surface area (Å²) in [5.74, 6) is -0.769. The summed E-state index contributed by atoms with van der Waals surface area (Å²) in [5.41, 5.74) is 0.236. The fraction of sp³-hybridized carbons (Fsp3) is 0.529. The third kappa shape index (κ3) is 3.59. The normalized spacial score (nSPS) is 23.0. The predicted molar refractivity (Wildman–Crippen MR) is 82.6 cm³/mol. The van der Waals surface area contributed by atoms with E-state index in [1.807, 2.05) is 18.7 Å². The topological polar surface area (TPSA) is 66.8 Å². The second-order valence-corrected chi connectivity index (χ2v) is 5.97. The number of esters is 1. The van der Waals surface area contributed by atoms with E-state index in [-0.39, 0.29) is 29.3 Å². The van der Waals surface area contributed by atoms with Crippen LogP contribution in [-0.2, 0) is 9.53 Å². The molecule has 5 nitrogen and oxygen atoms in total. The summed E-state index contributed by atoms with van der Waals surface area (Å²) in [4.78, 5) is 26.4. The lowest BCUT2D eigenvalue weighted by Crippen LogP contribution is -2.51. The Morgan fingerprint density at radius 3 is 2.50 bits per heavy atom. The van der Waals surface area contributed by atoms with Crippen molar-refractivity contribution < 1.29 is 19.4 Å². The fourth-order valence-corrected chi connectivity index (χ4v) is 2.98. The van der Waals surface area contributed by atoms with Crippen molar-refractivity contribution in [1.29, 1.82) is 0 Å². The molecule has 2 rings (SSSR count). The third-order valence-electron chi connectivity index (χ3n) is 4.16. The molecule has 0 spiro atoms. The van der Waals surface area contributed by atoms with Gasteiger partial charge in [-0.3, -0.25) is 4.79 Å². The number of hydrogen-bond donors (Lipinski definition) is 1. The molecule has 1 saturated heterocycles. The molecule has 1 amide bonds. The quantitative estimate of drug-likeness (QED) is 0.872. The van der Waals surface area contributed by atoms with Crippen LogP contribution in [0.5, 0.6) is 5.75 Å². The number of amides is 1. The zero-order valence-electron chi connectivity index (χ0n) is 13.3. The Labute approximate surface area is 130 Å². The summed E-state index contributed by atoms with van der Waals surface area (Å²) in [6.45, 7) is 5.64. The van der Waals surface area contributed by atoms with Crippen LogP contribution in [0.2, 0.25) is 0 Å². The second kappa shape index (κ2) is 6.81. The zero-order valence-corrected chi connectivity index (χ0v) is 13.3. The monoisotopic (exact) mass is 305 g/mol. The lowest BCUT2D eigenvalue weighted by molar-refractivity contribution is -0.146. The minimum absolute atomic E-state index is 0.00768. The van der Waals surface area contributed by atoms with Gasteiger partial charge in [-0.25, -0.2) is 4.79 Å². The molecule has 0 aliphatic carbocycles. The minimum atomic E-state index is -0.835. The van der Waals surface area contributed by atoms with E-state index in [4.69, 9.17) is 4.74 Å². The van der Waals surface area contributed by atoms with Crippen LogP contribution in [0.25, 0.3) is 0 Å². The van der Waals surface area contributed by atoms with Crippen LogP contribution in [0.15, 0.2) is 24.3 Å². The van der Waals surface area contributed by atoms with Crippen molar-refractivity contribution >= 4 is 11.9 Å². The number of rotatable bonds is 3. The van der Waals surface area contributed by atoms with Crippen LogP contribution in [0.4, 0.5) is 0 Å². The van der Waals surface area contributed by atoms with E-state index in [1.54, 1.807) is 19.1 Å². The van der Waals surface area contributed by atoms with Crippen LogP contribution < -0.4 is 0 Å². The number of piperidine rings is 1. The van der Waals surface area contributed by atoms with E-state index in [0.717, 1.165) is 19.3 Å². The van der Waals surface area contributed by atoms with E-state index in [0.29, 0.717) is 0 Å². The van der Waals surface area contributed by atoms with Crippen LogP contribution in [0.1, 0.15) is 50.4 Å². The standard InChI is InChI=1S/C17H23NO4/c1-11-6-4-7-12(2)18(11)16(20)13(3)22-17(21)14-8-5-9-15(19)10-14/h5,8-13,19H,4,6-7H2,1-3H3/t11-,12-,13+/m0/s1. The number of likely N-dealkylation sites (tertiary alicyclic amines) is 1. The highest BCUT2D eigenvalue weighted by molar-refractivity contribution is 5.92. The van der Waals surface area contributed by atoms with Crippen molar-refractivity contribution in [3.8, 4) is 5.75 Å². The molecule has 1 fully saturated rings. The molecule has 1 aliphatic rings. The number of carbonyl (C=O) groups excluding carboxylic acids is 2. The molecule has 1 aromatic rings.